The normalized spacial score (nSPS) is 10.7. The van der Waals surface area contributed by atoms with Gasteiger partial charge in [0, 0.05) is 17.6 Å². The number of amides is 1. The van der Waals surface area contributed by atoms with E-state index < -0.39 is 23.5 Å². The summed E-state index contributed by atoms with van der Waals surface area (Å²) in [4.78, 5) is 12.0. The molecule has 0 bridgehead atoms. The fraction of sp³-hybridized carbons (Fsp3) is 0.167. The smallest absolute Gasteiger partial charge is 0.262 e. The third-order valence-electron chi connectivity index (χ3n) is 2.62. The Morgan fingerprint density at radius 1 is 1.35 bits per heavy atom. The molecule has 0 saturated carbocycles. The first kappa shape index (κ1) is 14.6. The Labute approximate surface area is 120 Å². The lowest BCUT2D eigenvalue weighted by atomic mass is 10.2. The summed E-state index contributed by atoms with van der Waals surface area (Å²) in [5.41, 5.74) is -0.386. The quantitative estimate of drug-likeness (QED) is 0.906. The van der Waals surface area contributed by atoms with Gasteiger partial charge in [-0.05, 0) is 28.9 Å². The van der Waals surface area contributed by atoms with E-state index in [1.807, 2.05) is 0 Å². The fourth-order valence-electron chi connectivity index (χ4n) is 1.73. The molecule has 0 spiro atoms. The van der Waals surface area contributed by atoms with Gasteiger partial charge in [-0.3, -0.25) is 4.79 Å². The fourth-order valence-corrected chi connectivity index (χ4v) is 2.23. The van der Waals surface area contributed by atoms with Gasteiger partial charge in [-0.1, -0.05) is 0 Å². The monoisotopic (exact) mass is 347 g/mol. The van der Waals surface area contributed by atoms with Crippen molar-refractivity contribution in [1.82, 2.24) is 9.78 Å². The molecule has 20 heavy (non-hydrogen) atoms. The highest BCUT2D eigenvalue weighted by molar-refractivity contribution is 9.10. The van der Waals surface area contributed by atoms with Crippen molar-refractivity contribution in [3.05, 3.63) is 45.4 Å². The SMILES string of the molecule is Cc1nn(C)c(F)c1C(=O)Nc1c(F)cc(F)cc1Br. The minimum Gasteiger partial charge on any atom is -0.318 e. The largest absolute Gasteiger partial charge is 0.318 e. The number of aromatic nitrogens is 2. The number of benzene rings is 1. The number of halogens is 4. The molecule has 1 N–H and O–H groups in total. The van der Waals surface area contributed by atoms with Gasteiger partial charge in [0.25, 0.3) is 5.91 Å². The van der Waals surface area contributed by atoms with Gasteiger partial charge >= 0.3 is 0 Å². The van der Waals surface area contributed by atoms with E-state index in [0.29, 0.717) is 6.07 Å². The number of carbonyl (C=O) groups excluding carboxylic acids is 1. The maximum absolute atomic E-state index is 13.7. The molecule has 8 heteroatoms. The molecule has 0 atom stereocenters. The van der Waals surface area contributed by atoms with Crippen molar-refractivity contribution in [3.8, 4) is 0 Å². The molecule has 0 aliphatic carbocycles. The third-order valence-corrected chi connectivity index (χ3v) is 3.25. The molecule has 1 amide bonds. The number of rotatable bonds is 2. The minimum absolute atomic E-state index is 0.0188. The van der Waals surface area contributed by atoms with Crippen LogP contribution in [0.1, 0.15) is 16.1 Å². The van der Waals surface area contributed by atoms with Gasteiger partial charge in [-0.2, -0.15) is 9.49 Å². The summed E-state index contributed by atoms with van der Waals surface area (Å²) in [7, 11) is 1.34. The Morgan fingerprint density at radius 3 is 2.50 bits per heavy atom. The molecule has 0 aliphatic rings. The van der Waals surface area contributed by atoms with Crippen LogP contribution in [0.3, 0.4) is 0 Å². The zero-order valence-corrected chi connectivity index (χ0v) is 12.1. The summed E-state index contributed by atoms with van der Waals surface area (Å²) < 4.78 is 41.2. The average molecular weight is 348 g/mol. The average Bonchev–Trinajstić information content (AvgIpc) is 2.58. The van der Waals surface area contributed by atoms with E-state index in [0.717, 1.165) is 10.7 Å². The molecule has 0 aliphatic heterocycles. The summed E-state index contributed by atoms with van der Waals surface area (Å²) in [5.74, 6) is -3.46. The predicted molar refractivity (Wildman–Crippen MR) is 69.9 cm³/mol. The molecule has 2 aromatic rings. The van der Waals surface area contributed by atoms with Crippen LogP contribution < -0.4 is 5.32 Å². The van der Waals surface area contributed by atoms with Crippen molar-refractivity contribution in [3.63, 3.8) is 0 Å². The van der Waals surface area contributed by atoms with E-state index in [1.165, 1.54) is 14.0 Å². The van der Waals surface area contributed by atoms with Crippen molar-refractivity contribution in [1.29, 1.82) is 0 Å². The minimum atomic E-state index is -0.966. The Morgan fingerprint density at radius 2 is 2.00 bits per heavy atom. The molecule has 4 nitrogen and oxygen atoms in total. The summed E-state index contributed by atoms with van der Waals surface area (Å²) in [6.45, 7) is 1.45. The molecule has 0 saturated heterocycles. The number of hydrogen-bond acceptors (Lipinski definition) is 2. The van der Waals surface area contributed by atoms with E-state index in [4.69, 9.17) is 0 Å². The van der Waals surface area contributed by atoms with Gasteiger partial charge in [0.1, 0.15) is 11.4 Å². The van der Waals surface area contributed by atoms with E-state index in [9.17, 15) is 18.0 Å². The topological polar surface area (TPSA) is 46.9 Å². The predicted octanol–water partition coefficient (Wildman–Crippen LogP) is 3.16. The zero-order chi connectivity index (χ0) is 15.0. The van der Waals surface area contributed by atoms with Crippen molar-refractivity contribution in [2.45, 2.75) is 6.92 Å². The van der Waals surface area contributed by atoms with E-state index in [-0.39, 0.29) is 21.4 Å². The second-order valence-electron chi connectivity index (χ2n) is 4.07. The number of nitrogens with zero attached hydrogens (tertiary/aromatic N) is 2. The van der Waals surface area contributed by atoms with Crippen molar-refractivity contribution >= 4 is 27.5 Å². The van der Waals surface area contributed by atoms with Crippen LogP contribution >= 0.6 is 15.9 Å². The first-order valence-corrected chi connectivity index (χ1v) is 6.25. The van der Waals surface area contributed by atoms with Crippen LogP contribution in [-0.2, 0) is 7.05 Å². The van der Waals surface area contributed by atoms with Crippen LogP contribution in [-0.4, -0.2) is 15.7 Å². The zero-order valence-electron chi connectivity index (χ0n) is 10.5. The molecule has 0 radical (unpaired) electrons. The van der Waals surface area contributed by atoms with Gasteiger partial charge in [0.05, 0.1) is 11.4 Å². The van der Waals surface area contributed by atoms with Crippen molar-refractivity contribution in [2.24, 2.45) is 7.05 Å². The summed E-state index contributed by atoms with van der Waals surface area (Å²) in [6.07, 6.45) is 0. The van der Waals surface area contributed by atoms with E-state index in [1.54, 1.807) is 0 Å². The van der Waals surface area contributed by atoms with Gasteiger partial charge in [0.15, 0.2) is 5.82 Å². The second kappa shape index (κ2) is 5.28. The van der Waals surface area contributed by atoms with Crippen LogP contribution in [0.15, 0.2) is 16.6 Å². The first-order valence-electron chi connectivity index (χ1n) is 5.46. The summed E-state index contributed by atoms with van der Waals surface area (Å²) in [5, 5.41) is 5.94. The Hall–Kier alpha value is -1.83. The van der Waals surface area contributed by atoms with Gasteiger partial charge in [-0.15, -0.1) is 0 Å². The summed E-state index contributed by atoms with van der Waals surface area (Å²) in [6, 6.07) is 1.61. The lowest BCUT2D eigenvalue weighted by Crippen LogP contribution is -2.16. The Balaban J connectivity index is 2.38. The van der Waals surface area contributed by atoms with Gasteiger partial charge in [-0.25, -0.2) is 13.5 Å². The Bertz CT molecular complexity index is 676. The molecule has 1 heterocycles. The highest BCUT2D eigenvalue weighted by Crippen LogP contribution is 2.27. The lowest BCUT2D eigenvalue weighted by Gasteiger charge is -2.08. The first-order chi connectivity index (χ1) is 9.31. The Kier molecular flexibility index (Phi) is 3.85. The van der Waals surface area contributed by atoms with Gasteiger partial charge in [0.2, 0.25) is 5.95 Å². The molecule has 106 valence electrons. The van der Waals surface area contributed by atoms with E-state index in [2.05, 4.69) is 26.3 Å². The number of carbonyl (C=O) groups is 1. The molecular weight excluding hydrogens is 339 g/mol. The highest BCUT2D eigenvalue weighted by atomic mass is 79.9. The second-order valence-corrected chi connectivity index (χ2v) is 4.93. The van der Waals surface area contributed by atoms with Crippen molar-refractivity contribution in [2.75, 3.05) is 5.32 Å². The van der Waals surface area contributed by atoms with Crippen LogP contribution in [0.2, 0.25) is 0 Å². The molecule has 0 unspecified atom stereocenters. The molecule has 1 aromatic carbocycles. The molecule has 0 fully saturated rings. The maximum atomic E-state index is 13.7. The maximum Gasteiger partial charge on any atom is 0.262 e. The number of hydrogen-bond donors (Lipinski definition) is 1. The molecular formula is C12H9BrF3N3O. The van der Waals surface area contributed by atoms with Crippen molar-refractivity contribution < 1.29 is 18.0 Å². The van der Waals surface area contributed by atoms with Crippen LogP contribution in [0.4, 0.5) is 18.9 Å². The van der Waals surface area contributed by atoms with E-state index >= 15 is 0 Å². The van der Waals surface area contributed by atoms with Crippen LogP contribution in [0.25, 0.3) is 0 Å². The number of aryl methyl sites for hydroxylation is 2. The third kappa shape index (κ3) is 2.55. The van der Waals surface area contributed by atoms with Crippen LogP contribution in [0.5, 0.6) is 0 Å². The molecule has 1 aromatic heterocycles. The number of nitrogens with one attached hydrogen (secondary N) is 1. The standard InChI is InChI=1S/C12H9BrF3N3O/c1-5-9(11(16)19(2)18-5)12(20)17-10-7(13)3-6(14)4-8(10)15/h3-4H,1-2H3,(H,17,20). The summed E-state index contributed by atoms with van der Waals surface area (Å²) >= 11 is 2.93. The van der Waals surface area contributed by atoms with Crippen LogP contribution in [0, 0.1) is 24.5 Å². The number of anilines is 1. The molecule has 2 rings (SSSR count). The van der Waals surface area contributed by atoms with Gasteiger partial charge < -0.3 is 5.32 Å². The highest BCUT2D eigenvalue weighted by Gasteiger charge is 2.22. The lowest BCUT2D eigenvalue weighted by molar-refractivity contribution is 0.102.